The fraction of sp³-hybridized carbons (Fsp3) is 0.211. The number of hydrogen-bond acceptors (Lipinski definition) is 5. The van der Waals surface area contributed by atoms with E-state index in [0.29, 0.717) is 30.2 Å². The number of hydrogen-bond donors (Lipinski definition) is 0. The number of nitrogens with zero attached hydrogens (tertiary/aromatic N) is 3. The Morgan fingerprint density at radius 3 is 2.77 bits per heavy atom. The molecule has 1 aromatic heterocycles. The summed E-state index contributed by atoms with van der Waals surface area (Å²) in [5.41, 5.74) is 1.41. The zero-order valence-electron chi connectivity index (χ0n) is 14.1. The Balaban J connectivity index is 1.53. The molecular formula is C19H16FN3O2S. The van der Waals surface area contributed by atoms with E-state index in [2.05, 4.69) is 10.1 Å². The second-order valence-corrected chi connectivity index (χ2v) is 6.95. The first-order valence-electron chi connectivity index (χ1n) is 8.18. The molecule has 1 saturated heterocycles. The molecule has 2 aromatic carbocycles. The van der Waals surface area contributed by atoms with Crippen LogP contribution < -0.4 is 4.90 Å². The number of halogens is 1. The molecule has 1 aliphatic rings. The van der Waals surface area contributed by atoms with Crippen molar-refractivity contribution in [3.8, 4) is 11.4 Å². The van der Waals surface area contributed by atoms with Gasteiger partial charge in [0.2, 0.25) is 17.6 Å². The topological polar surface area (TPSA) is 59.2 Å². The van der Waals surface area contributed by atoms with Crippen LogP contribution in [0.2, 0.25) is 0 Å². The van der Waals surface area contributed by atoms with Gasteiger partial charge in [0, 0.05) is 29.1 Å². The molecule has 7 heteroatoms. The number of benzene rings is 2. The summed E-state index contributed by atoms with van der Waals surface area (Å²) in [5, 5.41) is 3.93. The molecule has 1 fully saturated rings. The maximum absolute atomic E-state index is 13.4. The summed E-state index contributed by atoms with van der Waals surface area (Å²) in [5.74, 6) is 0.232. The molecule has 0 saturated carbocycles. The lowest BCUT2D eigenvalue weighted by Crippen LogP contribution is -2.24. The van der Waals surface area contributed by atoms with Gasteiger partial charge in [-0.05, 0) is 42.7 Å². The lowest BCUT2D eigenvalue weighted by molar-refractivity contribution is -0.117. The van der Waals surface area contributed by atoms with Gasteiger partial charge in [-0.2, -0.15) is 4.98 Å². The average Bonchev–Trinajstić information content (AvgIpc) is 3.29. The highest BCUT2D eigenvalue weighted by Gasteiger charge is 2.35. The van der Waals surface area contributed by atoms with Crippen molar-refractivity contribution in [1.29, 1.82) is 0 Å². The number of carbonyl (C=O) groups is 1. The van der Waals surface area contributed by atoms with Gasteiger partial charge in [-0.1, -0.05) is 17.3 Å². The van der Waals surface area contributed by atoms with Crippen LogP contribution in [0.15, 0.2) is 57.9 Å². The van der Waals surface area contributed by atoms with E-state index in [9.17, 15) is 9.18 Å². The van der Waals surface area contributed by atoms with E-state index < -0.39 is 0 Å². The smallest absolute Gasteiger partial charge is 0.232 e. The quantitative estimate of drug-likeness (QED) is 0.648. The lowest BCUT2D eigenvalue weighted by Gasteiger charge is -2.16. The van der Waals surface area contributed by atoms with Gasteiger partial charge < -0.3 is 9.42 Å². The highest BCUT2D eigenvalue weighted by atomic mass is 32.2. The number of aromatic nitrogens is 2. The van der Waals surface area contributed by atoms with Crippen LogP contribution in [0.1, 0.15) is 18.2 Å². The van der Waals surface area contributed by atoms with Crippen molar-refractivity contribution in [3.05, 3.63) is 60.2 Å². The average molecular weight is 369 g/mol. The third-order valence-electron chi connectivity index (χ3n) is 4.38. The van der Waals surface area contributed by atoms with E-state index in [-0.39, 0.29) is 17.6 Å². The largest absolute Gasteiger partial charge is 0.339 e. The molecular weight excluding hydrogens is 353 g/mol. The van der Waals surface area contributed by atoms with Crippen molar-refractivity contribution >= 4 is 23.4 Å². The molecule has 1 amide bonds. The molecule has 1 atom stereocenters. The van der Waals surface area contributed by atoms with Crippen LogP contribution in [0.3, 0.4) is 0 Å². The number of carbonyl (C=O) groups excluding carboxylic acids is 1. The van der Waals surface area contributed by atoms with Crippen molar-refractivity contribution < 1.29 is 13.7 Å². The van der Waals surface area contributed by atoms with Gasteiger partial charge in [0.1, 0.15) is 5.82 Å². The van der Waals surface area contributed by atoms with E-state index >= 15 is 0 Å². The van der Waals surface area contributed by atoms with E-state index in [1.54, 1.807) is 28.8 Å². The Kier molecular flexibility index (Phi) is 4.46. The molecule has 5 nitrogen and oxygen atoms in total. The Morgan fingerprint density at radius 2 is 2.04 bits per heavy atom. The fourth-order valence-corrected chi connectivity index (χ4v) is 3.44. The van der Waals surface area contributed by atoms with Crippen molar-refractivity contribution in [3.63, 3.8) is 0 Å². The van der Waals surface area contributed by atoms with E-state index in [4.69, 9.17) is 4.52 Å². The minimum atomic E-state index is -0.357. The predicted octanol–water partition coefficient (Wildman–Crippen LogP) is 4.12. The van der Waals surface area contributed by atoms with E-state index in [1.165, 1.54) is 12.1 Å². The molecule has 4 rings (SSSR count). The number of thioether (sulfide) groups is 1. The standard InChI is InChI=1S/C19H16FN3O2S/c1-26-16-7-5-15(6-8-16)23-11-13(10-17(23)24)19-21-18(22-25-19)12-3-2-4-14(20)9-12/h2-9,13H,10-11H2,1H3. The molecule has 0 bridgehead atoms. The second-order valence-electron chi connectivity index (χ2n) is 6.07. The SMILES string of the molecule is CSc1ccc(N2CC(c3nc(-c4cccc(F)c4)no3)CC2=O)cc1. The molecule has 2 heterocycles. The maximum atomic E-state index is 13.4. The number of amides is 1. The summed E-state index contributed by atoms with van der Waals surface area (Å²) in [4.78, 5) is 19.7. The van der Waals surface area contributed by atoms with Crippen LogP contribution in [-0.2, 0) is 4.79 Å². The first-order chi connectivity index (χ1) is 12.6. The fourth-order valence-electron chi connectivity index (χ4n) is 3.03. The third-order valence-corrected chi connectivity index (χ3v) is 5.13. The highest BCUT2D eigenvalue weighted by Crippen LogP contribution is 2.32. The van der Waals surface area contributed by atoms with Crippen LogP contribution >= 0.6 is 11.8 Å². The predicted molar refractivity (Wildman–Crippen MR) is 97.6 cm³/mol. The first-order valence-corrected chi connectivity index (χ1v) is 9.40. The normalized spacial score (nSPS) is 17.1. The molecule has 0 spiro atoms. The summed E-state index contributed by atoms with van der Waals surface area (Å²) in [7, 11) is 0. The van der Waals surface area contributed by atoms with Crippen LogP contribution in [-0.4, -0.2) is 28.8 Å². The Morgan fingerprint density at radius 1 is 1.23 bits per heavy atom. The number of rotatable bonds is 4. The minimum Gasteiger partial charge on any atom is -0.339 e. The maximum Gasteiger partial charge on any atom is 0.232 e. The van der Waals surface area contributed by atoms with E-state index in [0.717, 1.165) is 10.6 Å². The van der Waals surface area contributed by atoms with Gasteiger partial charge in [-0.15, -0.1) is 11.8 Å². The molecule has 0 aliphatic carbocycles. The van der Waals surface area contributed by atoms with Crippen LogP contribution in [0.5, 0.6) is 0 Å². The van der Waals surface area contributed by atoms with E-state index in [1.807, 2.05) is 30.5 Å². The van der Waals surface area contributed by atoms with Gasteiger partial charge in [0.05, 0.1) is 5.92 Å². The Bertz CT molecular complexity index is 942. The second kappa shape index (κ2) is 6.92. The lowest BCUT2D eigenvalue weighted by atomic mass is 10.1. The molecule has 26 heavy (non-hydrogen) atoms. The van der Waals surface area contributed by atoms with Gasteiger partial charge in [-0.25, -0.2) is 4.39 Å². The summed E-state index contributed by atoms with van der Waals surface area (Å²) >= 11 is 1.66. The zero-order valence-corrected chi connectivity index (χ0v) is 14.9. The summed E-state index contributed by atoms with van der Waals surface area (Å²) in [6.45, 7) is 0.488. The number of anilines is 1. The molecule has 0 N–H and O–H groups in total. The monoisotopic (exact) mass is 369 g/mol. The minimum absolute atomic E-state index is 0.0254. The molecule has 1 unspecified atom stereocenters. The molecule has 1 aliphatic heterocycles. The van der Waals surface area contributed by atoms with Gasteiger partial charge in [0.25, 0.3) is 0 Å². The van der Waals surface area contributed by atoms with Crippen LogP contribution in [0.4, 0.5) is 10.1 Å². The summed E-state index contributed by atoms with van der Waals surface area (Å²) < 4.78 is 18.7. The molecule has 132 valence electrons. The van der Waals surface area contributed by atoms with Crippen molar-refractivity contribution in [2.24, 2.45) is 0 Å². The summed E-state index contributed by atoms with van der Waals surface area (Å²) in [6.07, 6.45) is 2.33. The van der Waals surface area contributed by atoms with Crippen molar-refractivity contribution in [1.82, 2.24) is 10.1 Å². The molecule has 0 radical (unpaired) electrons. The highest BCUT2D eigenvalue weighted by molar-refractivity contribution is 7.98. The van der Waals surface area contributed by atoms with Crippen molar-refractivity contribution in [2.75, 3.05) is 17.7 Å². The Hall–Kier alpha value is -2.67. The molecule has 3 aromatic rings. The zero-order chi connectivity index (χ0) is 18.1. The first kappa shape index (κ1) is 16.8. The van der Waals surface area contributed by atoms with Crippen LogP contribution in [0.25, 0.3) is 11.4 Å². The summed E-state index contributed by atoms with van der Waals surface area (Å²) in [6, 6.07) is 13.9. The van der Waals surface area contributed by atoms with Gasteiger partial charge >= 0.3 is 0 Å². The Labute approximate surface area is 154 Å². The van der Waals surface area contributed by atoms with Gasteiger partial charge in [0.15, 0.2) is 0 Å². The third kappa shape index (κ3) is 3.22. The van der Waals surface area contributed by atoms with Gasteiger partial charge in [-0.3, -0.25) is 4.79 Å². The van der Waals surface area contributed by atoms with Crippen molar-refractivity contribution in [2.45, 2.75) is 17.2 Å². The van der Waals surface area contributed by atoms with Crippen LogP contribution in [0, 0.1) is 5.82 Å².